The standard InChI is InChI=1S/C13H14BrFO3/c1-17-12(16)8-13(5-2-6-13)18-11-7-9(14)3-4-10(11)15/h3-4,7H,2,5-6,8H2,1H3. The first-order valence-electron chi connectivity index (χ1n) is 5.75. The fourth-order valence-corrected chi connectivity index (χ4v) is 2.35. The van der Waals surface area contributed by atoms with Crippen LogP contribution >= 0.6 is 15.9 Å². The Labute approximate surface area is 113 Å². The number of carbonyl (C=O) groups is 1. The molecule has 0 aliphatic heterocycles. The average molecular weight is 317 g/mol. The van der Waals surface area contributed by atoms with Crippen LogP contribution in [0.25, 0.3) is 0 Å². The second kappa shape index (κ2) is 5.26. The lowest BCUT2D eigenvalue weighted by Crippen LogP contribution is -2.45. The maximum absolute atomic E-state index is 13.6. The van der Waals surface area contributed by atoms with Crippen LogP contribution in [0.2, 0.25) is 0 Å². The van der Waals surface area contributed by atoms with Gasteiger partial charge in [0, 0.05) is 4.47 Å². The van der Waals surface area contributed by atoms with Crippen LogP contribution < -0.4 is 4.74 Å². The monoisotopic (exact) mass is 316 g/mol. The van der Waals surface area contributed by atoms with Crippen molar-refractivity contribution in [3.63, 3.8) is 0 Å². The molecule has 0 amide bonds. The molecule has 18 heavy (non-hydrogen) atoms. The number of halogens is 2. The highest BCUT2D eigenvalue weighted by atomic mass is 79.9. The summed E-state index contributed by atoms with van der Waals surface area (Å²) in [7, 11) is 1.34. The van der Waals surface area contributed by atoms with E-state index >= 15 is 0 Å². The van der Waals surface area contributed by atoms with Crippen LogP contribution in [0.1, 0.15) is 25.7 Å². The SMILES string of the molecule is COC(=O)CC1(Oc2cc(Br)ccc2F)CCC1. The molecular formula is C13H14BrFO3. The van der Waals surface area contributed by atoms with E-state index in [0.29, 0.717) is 0 Å². The molecule has 1 aromatic carbocycles. The molecule has 5 heteroatoms. The van der Waals surface area contributed by atoms with Crippen LogP contribution in [0, 0.1) is 5.82 Å². The van der Waals surface area contributed by atoms with Crippen LogP contribution in [0.15, 0.2) is 22.7 Å². The Hall–Kier alpha value is -1.10. The molecule has 0 atom stereocenters. The van der Waals surface area contributed by atoms with Crippen LogP contribution in [-0.4, -0.2) is 18.7 Å². The molecule has 0 unspecified atom stereocenters. The summed E-state index contributed by atoms with van der Waals surface area (Å²) < 4.78 is 24.7. The number of carbonyl (C=O) groups excluding carboxylic acids is 1. The molecule has 3 nitrogen and oxygen atoms in total. The smallest absolute Gasteiger partial charge is 0.309 e. The quantitative estimate of drug-likeness (QED) is 0.798. The van der Waals surface area contributed by atoms with Gasteiger partial charge >= 0.3 is 5.97 Å². The van der Waals surface area contributed by atoms with Gasteiger partial charge in [-0.15, -0.1) is 0 Å². The number of rotatable bonds is 4. The first-order valence-corrected chi connectivity index (χ1v) is 6.55. The molecule has 0 spiro atoms. The zero-order valence-electron chi connectivity index (χ0n) is 10.0. The highest BCUT2D eigenvalue weighted by Crippen LogP contribution is 2.40. The second-order valence-electron chi connectivity index (χ2n) is 4.47. The van der Waals surface area contributed by atoms with Gasteiger partial charge in [-0.2, -0.15) is 0 Å². The topological polar surface area (TPSA) is 35.5 Å². The van der Waals surface area contributed by atoms with E-state index in [-0.39, 0.29) is 18.1 Å². The summed E-state index contributed by atoms with van der Waals surface area (Å²) in [5, 5.41) is 0. The van der Waals surface area contributed by atoms with Gasteiger partial charge in [0.15, 0.2) is 11.6 Å². The predicted molar refractivity (Wildman–Crippen MR) is 67.9 cm³/mol. The minimum atomic E-state index is -0.602. The normalized spacial score (nSPS) is 16.8. The van der Waals surface area contributed by atoms with Crippen molar-refractivity contribution in [2.75, 3.05) is 7.11 Å². The highest BCUT2D eigenvalue weighted by Gasteiger charge is 2.42. The van der Waals surface area contributed by atoms with Gasteiger partial charge in [-0.05, 0) is 37.5 Å². The summed E-state index contributed by atoms with van der Waals surface area (Å²) in [6.07, 6.45) is 2.63. The van der Waals surface area contributed by atoms with Crippen LogP contribution in [-0.2, 0) is 9.53 Å². The summed E-state index contributed by atoms with van der Waals surface area (Å²) in [5.41, 5.74) is -0.602. The maximum atomic E-state index is 13.6. The minimum Gasteiger partial charge on any atom is -0.484 e. The Morgan fingerprint density at radius 3 is 2.78 bits per heavy atom. The van der Waals surface area contributed by atoms with Gasteiger partial charge in [-0.3, -0.25) is 4.79 Å². The Morgan fingerprint density at radius 1 is 1.50 bits per heavy atom. The minimum absolute atomic E-state index is 0.162. The molecule has 0 saturated heterocycles. The third kappa shape index (κ3) is 2.83. The second-order valence-corrected chi connectivity index (χ2v) is 5.38. The van der Waals surface area contributed by atoms with Crippen molar-refractivity contribution in [2.45, 2.75) is 31.3 Å². The molecule has 0 aromatic heterocycles. The molecule has 0 radical (unpaired) electrons. The molecule has 0 bridgehead atoms. The fourth-order valence-electron chi connectivity index (χ4n) is 2.01. The molecule has 1 aliphatic rings. The molecule has 1 aliphatic carbocycles. The summed E-state index contributed by atoms with van der Waals surface area (Å²) in [5.74, 6) is -0.576. The predicted octanol–water partition coefficient (Wildman–Crippen LogP) is 3.45. The van der Waals surface area contributed by atoms with Gasteiger partial charge in [-0.25, -0.2) is 4.39 Å². The van der Waals surface area contributed by atoms with E-state index < -0.39 is 11.4 Å². The van der Waals surface area contributed by atoms with Crippen molar-refractivity contribution < 1.29 is 18.7 Å². The van der Waals surface area contributed by atoms with Crippen molar-refractivity contribution in [3.05, 3.63) is 28.5 Å². The Kier molecular flexibility index (Phi) is 3.90. The number of ether oxygens (including phenoxy) is 2. The maximum Gasteiger partial charge on any atom is 0.309 e. The third-order valence-corrected chi connectivity index (χ3v) is 3.67. The summed E-state index contributed by atoms with van der Waals surface area (Å²) in [6, 6.07) is 4.52. The number of esters is 1. The van der Waals surface area contributed by atoms with E-state index in [4.69, 9.17) is 4.74 Å². The molecule has 0 N–H and O–H groups in total. The van der Waals surface area contributed by atoms with Gasteiger partial charge in [0.05, 0.1) is 13.5 Å². The molecule has 0 heterocycles. The highest BCUT2D eigenvalue weighted by molar-refractivity contribution is 9.10. The van der Waals surface area contributed by atoms with E-state index in [1.807, 2.05) is 0 Å². The Balaban J connectivity index is 2.15. The number of hydrogen-bond acceptors (Lipinski definition) is 3. The molecule has 1 aromatic rings. The molecule has 1 fully saturated rings. The van der Waals surface area contributed by atoms with E-state index in [1.54, 1.807) is 12.1 Å². The molecular weight excluding hydrogens is 303 g/mol. The number of hydrogen-bond donors (Lipinski definition) is 0. The average Bonchev–Trinajstić information content (AvgIpc) is 2.30. The van der Waals surface area contributed by atoms with Crippen molar-refractivity contribution in [1.82, 2.24) is 0 Å². The van der Waals surface area contributed by atoms with Crippen molar-refractivity contribution in [1.29, 1.82) is 0 Å². The molecule has 2 rings (SSSR count). The first-order chi connectivity index (χ1) is 8.54. The number of benzene rings is 1. The van der Waals surface area contributed by atoms with Gasteiger partial charge in [0.25, 0.3) is 0 Å². The van der Waals surface area contributed by atoms with Crippen LogP contribution in [0.5, 0.6) is 5.75 Å². The summed E-state index contributed by atoms with van der Waals surface area (Å²) in [6.45, 7) is 0. The van der Waals surface area contributed by atoms with E-state index in [9.17, 15) is 9.18 Å². The van der Waals surface area contributed by atoms with Gasteiger partial charge in [-0.1, -0.05) is 15.9 Å². The van der Waals surface area contributed by atoms with Gasteiger partial charge in [0.1, 0.15) is 5.60 Å². The Bertz CT molecular complexity index is 458. The first kappa shape index (κ1) is 13.3. The lowest BCUT2D eigenvalue weighted by Gasteiger charge is -2.41. The lowest BCUT2D eigenvalue weighted by atomic mass is 9.77. The zero-order valence-corrected chi connectivity index (χ0v) is 11.6. The lowest BCUT2D eigenvalue weighted by molar-refractivity contribution is -0.148. The molecule has 1 saturated carbocycles. The third-order valence-electron chi connectivity index (χ3n) is 3.18. The van der Waals surface area contributed by atoms with E-state index in [2.05, 4.69) is 20.7 Å². The van der Waals surface area contributed by atoms with Crippen LogP contribution in [0.4, 0.5) is 4.39 Å². The summed E-state index contributed by atoms with van der Waals surface area (Å²) >= 11 is 3.27. The fraction of sp³-hybridized carbons (Fsp3) is 0.462. The van der Waals surface area contributed by atoms with Gasteiger partial charge < -0.3 is 9.47 Å². The molecule has 98 valence electrons. The van der Waals surface area contributed by atoms with Gasteiger partial charge in [0.2, 0.25) is 0 Å². The van der Waals surface area contributed by atoms with Crippen LogP contribution in [0.3, 0.4) is 0 Å². The van der Waals surface area contributed by atoms with E-state index in [1.165, 1.54) is 13.2 Å². The number of methoxy groups -OCH3 is 1. The zero-order chi connectivity index (χ0) is 13.2. The Morgan fingerprint density at radius 2 is 2.22 bits per heavy atom. The van der Waals surface area contributed by atoms with E-state index in [0.717, 1.165) is 23.7 Å². The van der Waals surface area contributed by atoms with Crippen molar-refractivity contribution >= 4 is 21.9 Å². The van der Waals surface area contributed by atoms with Crippen molar-refractivity contribution in [2.24, 2.45) is 0 Å². The largest absolute Gasteiger partial charge is 0.484 e. The summed E-state index contributed by atoms with van der Waals surface area (Å²) in [4.78, 5) is 11.4. The van der Waals surface area contributed by atoms with Crippen molar-refractivity contribution in [3.8, 4) is 5.75 Å².